The molecule has 0 unspecified atom stereocenters. The van der Waals surface area contributed by atoms with Crippen molar-refractivity contribution in [2.24, 2.45) is 0 Å². The summed E-state index contributed by atoms with van der Waals surface area (Å²) < 4.78 is 26.1. The molecule has 0 aromatic carbocycles. The summed E-state index contributed by atoms with van der Waals surface area (Å²) in [5.41, 5.74) is -0.859. The summed E-state index contributed by atoms with van der Waals surface area (Å²) in [7, 11) is -3.56. The number of imide groups is 1. The molecule has 18 heavy (non-hydrogen) atoms. The van der Waals surface area contributed by atoms with Crippen molar-refractivity contribution >= 4 is 22.1 Å². The number of hydrogen-bond donors (Lipinski definition) is 1. The van der Waals surface area contributed by atoms with Crippen LogP contribution >= 0.6 is 0 Å². The van der Waals surface area contributed by atoms with E-state index >= 15 is 0 Å². The Morgan fingerprint density at radius 3 is 2.22 bits per heavy atom. The van der Waals surface area contributed by atoms with Gasteiger partial charge in [-0.1, -0.05) is 13.8 Å². The van der Waals surface area contributed by atoms with Crippen LogP contribution in [0.2, 0.25) is 0 Å². The second kappa shape index (κ2) is 5.23. The second-order valence-corrected chi connectivity index (χ2v) is 5.85. The molecule has 1 fully saturated rings. The lowest BCUT2D eigenvalue weighted by molar-refractivity contribution is -0.131. The van der Waals surface area contributed by atoms with Gasteiger partial charge in [0.15, 0.2) is 0 Å². The molecule has 1 saturated heterocycles. The summed E-state index contributed by atoms with van der Waals surface area (Å²) in [6, 6.07) is -0.499. The molecular formula is C10H18N2O5S. The predicted molar refractivity (Wildman–Crippen MR) is 64.4 cm³/mol. The van der Waals surface area contributed by atoms with Gasteiger partial charge in [-0.15, -0.1) is 0 Å². The standard InChI is InChI=1S/C10H18N2O5S/c1-4-10(5-2)8(13)12(9(14)11-10)6-7-17-18(3,15)16/h4-7H2,1-3H3,(H,11,14). The molecule has 0 atom stereocenters. The van der Waals surface area contributed by atoms with E-state index < -0.39 is 21.7 Å². The van der Waals surface area contributed by atoms with Crippen molar-refractivity contribution in [3.8, 4) is 0 Å². The fourth-order valence-corrected chi connectivity index (χ4v) is 2.27. The lowest BCUT2D eigenvalue weighted by atomic mass is 9.93. The maximum absolute atomic E-state index is 12.1. The molecule has 7 nitrogen and oxygen atoms in total. The Balaban J connectivity index is 2.68. The summed E-state index contributed by atoms with van der Waals surface area (Å²) in [6.07, 6.45) is 1.91. The molecule has 0 aromatic rings. The number of amides is 3. The van der Waals surface area contributed by atoms with Gasteiger partial charge in [-0.25, -0.2) is 4.79 Å². The summed E-state index contributed by atoms with van der Waals surface area (Å²) >= 11 is 0. The normalized spacial score (nSPS) is 19.2. The lowest BCUT2D eigenvalue weighted by Crippen LogP contribution is -2.45. The summed E-state index contributed by atoms with van der Waals surface area (Å²) in [5, 5.41) is 2.65. The molecule has 1 aliphatic rings. The minimum atomic E-state index is -3.56. The predicted octanol–water partition coefficient (Wildman–Crippen LogP) is 0.0732. The van der Waals surface area contributed by atoms with Gasteiger partial charge in [0.1, 0.15) is 5.54 Å². The molecule has 1 N–H and O–H groups in total. The second-order valence-electron chi connectivity index (χ2n) is 4.20. The van der Waals surface area contributed by atoms with E-state index in [-0.39, 0.29) is 19.1 Å². The van der Waals surface area contributed by atoms with E-state index in [4.69, 9.17) is 0 Å². The number of carbonyl (C=O) groups is 2. The van der Waals surface area contributed by atoms with Crippen LogP contribution in [0.3, 0.4) is 0 Å². The van der Waals surface area contributed by atoms with Crippen molar-refractivity contribution < 1.29 is 22.2 Å². The fraction of sp³-hybridized carbons (Fsp3) is 0.800. The number of carbonyl (C=O) groups excluding carboxylic acids is 2. The highest BCUT2D eigenvalue weighted by atomic mass is 32.2. The van der Waals surface area contributed by atoms with E-state index in [2.05, 4.69) is 9.50 Å². The topological polar surface area (TPSA) is 92.8 Å². The van der Waals surface area contributed by atoms with Gasteiger partial charge in [0.05, 0.1) is 19.4 Å². The van der Waals surface area contributed by atoms with Crippen molar-refractivity contribution in [2.75, 3.05) is 19.4 Å². The first-order chi connectivity index (χ1) is 8.25. The zero-order chi connectivity index (χ0) is 14.0. The van der Waals surface area contributed by atoms with Gasteiger partial charge in [-0.05, 0) is 12.8 Å². The number of nitrogens with one attached hydrogen (secondary N) is 1. The Kier molecular flexibility index (Phi) is 4.33. The minimum absolute atomic E-state index is 0.0700. The Hall–Kier alpha value is -1.15. The number of urea groups is 1. The molecule has 8 heteroatoms. The third kappa shape index (κ3) is 2.99. The smallest absolute Gasteiger partial charge is 0.323 e. The molecule has 1 heterocycles. The largest absolute Gasteiger partial charge is 0.325 e. The van der Waals surface area contributed by atoms with Gasteiger partial charge in [-0.2, -0.15) is 8.42 Å². The maximum atomic E-state index is 12.1. The van der Waals surface area contributed by atoms with Crippen molar-refractivity contribution in [3.05, 3.63) is 0 Å². The minimum Gasteiger partial charge on any atom is -0.323 e. The van der Waals surface area contributed by atoms with Crippen LogP contribution in [0.5, 0.6) is 0 Å². The summed E-state index contributed by atoms with van der Waals surface area (Å²) in [6.45, 7) is 3.34. The summed E-state index contributed by atoms with van der Waals surface area (Å²) in [5.74, 6) is -0.324. The Bertz CT molecular complexity index is 441. The maximum Gasteiger partial charge on any atom is 0.325 e. The van der Waals surface area contributed by atoms with Gasteiger partial charge < -0.3 is 5.32 Å². The van der Waals surface area contributed by atoms with Crippen LogP contribution in [-0.2, 0) is 19.1 Å². The van der Waals surface area contributed by atoms with Crippen LogP contribution in [0.15, 0.2) is 0 Å². The van der Waals surface area contributed by atoms with E-state index in [0.717, 1.165) is 11.2 Å². The van der Waals surface area contributed by atoms with Crippen LogP contribution in [0, 0.1) is 0 Å². The molecule has 0 aromatic heterocycles. The molecule has 0 spiro atoms. The van der Waals surface area contributed by atoms with Gasteiger partial charge >= 0.3 is 6.03 Å². The van der Waals surface area contributed by atoms with E-state index in [0.29, 0.717) is 12.8 Å². The average Bonchev–Trinajstić information content (AvgIpc) is 2.52. The number of hydrogen-bond acceptors (Lipinski definition) is 5. The molecule has 0 radical (unpaired) electrons. The molecule has 0 bridgehead atoms. The monoisotopic (exact) mass is 278 g/mol. The highest BCUT2D eigenvalue weighted by molar-refractivity contribution is 7.85. The molecule has 1 rings (SSSR count). The van der Waals surface area contributed by atoms with E-state index in [9.17, 15) is 18.0 Å². The van der Waals surface area contributed by atoms with Crippen molar-refractivity contribution in [1.29, 1.82) is 0 Å². The zero-order valence-electron chi connectivity index (χ0n) is 10.7. The van der Waals surface area contributed by atoms with Gasteiger partial charge in [-0.3, -0.25) is 13.9 Å². The van der Waals surface area contributed by atoms with Crippen molar-refractivity contribution in [1.82, 2.24) is 10.2 Å². The van der Waals surface area contributed by atoms with Crippen molar-refractivity contribution in [2.45, 2.75) is 32.2 Å². The highest BCUT2D eigenvalue weighted by Crippen LogP contribution is 2.24. The van der Waals surface area contributed by atoms with E-state index in [1.807, 2.05) is 13.8 Å². The van der Waals surface area contributed by atoms with E-state index in [1.54, 1.807) is 0 Å². The molecule has 104 valence electrons. The Morgan fingerprint density at radius 1 is 1.28 bits per heavy atom. The van der Waals surface area contributed by atoms with Crippen LogP contribution < -0.4 is 5.32 Å². The third-order valence-electron chi connectivity index (χ3n) is 3.07. The Morgan fingerprint density at radius 2 is 1.83 bits per heavy atom. The van der Waals surface area contributed by atoms with Crippen LogP contribution in [0.4, 0.5) is 4.79 Å². The number of nitrogens with zero attached hydrogens (tertiary/aromatic N) is 1. The molecule has 1 aliphatic heterocycles. The zero-order valence-corrected chi connectivity index (χ0v) is 11.5. The van der Waals surface area contributed by atoms with Crippen molar-refractivity contribution in [3.63, 3.8) is 0 Å². The average molecular weight is 278 g/mol. The third-order valence-corrected chi connectivity index (χ3v) is 3.66. The van der Waals surface area contributed by atoms with Gasteiger partial charge in [0.2, 0.25) is 0 Å². The first-order valence-electron chi connectivity index (χ1n) is 5.74. The van der Waals surface area contributed by atoms with Crippen LogP contribution in [-0.4, -0.2) is 50.2 Å². The lowest BCUT2D eigenvalue weighted by Gasteiger charge is -2.23. The summed E-state index contributed by atoms with van der Waals surface area (Å²) in [4.78, 5) is 24.8. The first-order valence-corrected chi connectivity index (χ1v) is 7.56. The molecule has 3 amide bonds. The van der Waals surface area contributed by atoms with Gasteiger partial charge in [0, 0.05) is 0 Å². The quantitative estimate of drug-likeness (QED) is 0.548. The SMILES string of the molecule is CCC1(CC)NC(=O)N(CCOS(C)(=O)=O)C1=O. The number of rotatable bonds is 6. The molecule has 0 aliphatic carbocycles. The molecular weight excluding hydrogens is 260 g/mol. The fourth-order valence-electron chi connectivity index (χ4n) is 1.89. The van der Waals surface area contributed by atoms with Crippen LogP contribution in [0.25, 0.3) is 0 Å². The first kappa shape index (κ1) is 14.9. The van der Waals surface area contributed by atoms with Crippen LogP contribution in [0.1, 0.15) is 26.7 Å². The Labute approximate surface area is 107 Å². The highest BCUT2D eigenvalue weighted by Gasteiger charge is 2.48. The molecule has 0 saturated carbocycles. The van der Waals surface area contributed by atoms with E-state index in [1.165, 1.54) is 0 Å². The van der Waals surface area contributed by atoms with Gasteiger partial charge in [0.25, 0.3) is 16.0 Å².